The van der Waals surface area contributed by atoms with Crippen LogP contribution in [-0.2, 0) is 4.74 Å². The number of benzene rings is 1. The Labute approximate surface area is 159 Å². The third kappa shape index (κ3) is 4.38. The van der Waals surface area contributed by atoms with Crippen LogP contribution >= 0.6 is 0 Å². The highest BCUT2D eigenvalue weighted by Gasteiger charge is 2.38. The molecule has 0 spiro atoms. The molecule has 0 saturated heterocycles. The SMILES string of the molecule is C#CCCNc1ccc(/C=C/C2=C(C#N)C(=C(C#N)C#N)OC2(C)C)cc1. The molecule has 1 aliphatic rings. The molecule has 0 radical (unpaired) electrons. The van der Waals surface area contributed by atoms with E-state index in [4.69, 9.17) is 21.7 Å². The van der Waals surface area contributed by atoms with Crippen LogP contribution < -0.4 is 5.32 Å². The number of nitriles is 3. The zero-order valence-corrected chi connectivity index (χ0v) is 15.2. The van der Waals surface area contributed by atoms with E-state index in [2.05, 4.69) is 17.3 Å². The summed E-state index contributed by atoms with van der Waals surface area (Å²) in [5.74, 6) is 2.62. The number of terminal acetylenes is 1. The van der Waals surface area contributed by atoms with Gasteiger partial charge < -0.3 is 10.1 Å². The van der Waals surface area contributed by atoms with Crippen molar-refractivity contribution < 1.29 is 4.74 Å². The Balaban J connectivity index is 2.31. The summed E-state index contributed by atoms with van der Waals surface area (Å²) in [7, 11) is 0. The summed E-state index contributed by atoms with van der Waals surface area (Å²) in [4.78, 5) is 0. The van der Waals surface area contributed by atoms with Crippen molar-refractivity contribution in [2.45, 2.75) is 25.9 Å². The largest absolute Gasteiger partial charge is 0.480 e. The smallest absolute Gasteiger partial charge is 0.172 e. The van der Waals surface area contributed by atoms with E-state index < -0.39 is 5.60 Å². The molecule has 5 nitrogen and oxygen atoms in total. The van der Waals surface area contributed by atoms with Gasteiger partial charge in [-0.15, -0.1) is 12.3 Å². The summed E-state index contributed by atoms with van der Waals surface area (Å²) in [6.45, 7) is 4.30. The van der Waals surface area contributed by atoms with E-state index in [0.717, 1.165) is 11.3 Å². The van der Waals surface area contributed by atoms with Crippen molar-refractivity contribution in [3.05, 3.63) is 58.4 Å². The quantitative estimate of drug-likeness (QED) is 0.489. The predicted molar refractivity (Wildman–Crippen MR) is 103 cm³/mol. The number of nitrogens with one attached hydrogen (secondary N) is 1. The Morgan fingerprint density at radius 3 is 2.37 bits per heavy atom. The highest BCUT2D eigenvalue weighted by Crippen LogP contribution is 2.40. The maximum Gasteiger partial charge on any atom is 0.172 e. The van der Waals surface area contributed by atoms with Gasteiger partial charge in [0.15, 0.2) is 11.3 Å². The van der Waals surface area contributed by atoms with Crippen LogP contribution in [0.3, 0.4) is 0 Å². The normalized spacial score (nSPS) is 14.7. The first-order valence-electron chi connectivity index (χ1n) is 8.31. The molecule has 27 heavy (non-hydrogen) atoms. The molecule has 1 N–H and O–H groups in total. The summed E-state index contributed by atoms with van der Waals surface area (Å²) in [6, 6.07) is 13.4. The van der Waals surface area contributed by atoms with Crippen LogP contribution in [0.1, 0.15) is 25.8 Å². The van der Waals surface area contributed by atoms with Crippen molar-refractivity contribution in [3.8, 4) is 30.6 Å². The Bertz CT molecular complexity index is 965. The van der Waals surface area contributed by atoms with Gasteiger partial charge in [0.1, 0.15) is 29.4 Å². The minimum Gasteiger partial charge on any atom is -0.480 e. The van der Waals surface area contributed by atoms with Crippen LogP contribution in [0.15, 0.2) is 52.8 Å². The molecule has 0 fully saturated rings. The fourth-order valence-electron chi connectivity index (χ4n) is 2.65. The van der Waals surface area contributed by atoms with Gasteiger partial charge in [0.05, 0.1) is 0 Å². The summed E-state index contributed by atoms with van der Waals surface area (Å²) >= 11 is 0. The van der Waals surface area contributed by atoms with E-state index in [1.54, 1.807) is 32.1 Å². The molecule has 0 saturated carbocycles. The zero-order chi connectivity index (χ0) is 19.9. The molecule has 0 aromatic heterocycles. The second-order valence-electron chi connectivity index (χ2n) is 6.28. The summed E-state index contributed by atoms with van der Waals surface area (Å²) < 4.78 is 5.73. The molecule has 1 aromatic carbocycles. The van der Waals surface area contributed by atoms with Crippen LogP contribution in [0.2, 0.25) is 0 Å². The summed E-state index contributed by atoms with van der Waals surface area (Å²) in [6.07, 6.45) is 9.55. The van der Waals surface area contributed by atoms with E-state index in [0.29, 0.717) is 18.5 Å². The molecular weight excluding hydrogens is 336 g/mol. The molecular formula is C22H18N4O. The van der Waals surface area contributed by atoms with Gasteiger partial charge in [-0.05, 0) is 31.5 Å². The Morgan fingerprint density at radius 2 is 1.81 bits per heavy atom. The zero-order valence-electron chi connectivity index (χ0n) is 15.2. The van der Waals surface area contributed by atoms with Gasteiger partial charge in [-0.1, -0.05) is 24.3 Å². The minimum atomic E-state index is -0.813. The maximum atomic E-state index is 9.52. The van der Waals surface area contributed by atoms with Gasteiger partial charge in [0.25, 0.3) is 0 Å². The topological polar surface area (TPSA) is 92.6 Å². The first kappa shape index (κ1) is 19.4. The van der Waals surface area contributed by atoms with E-state index >= 15 is 0 Å². The molecule has 2 rings (SSSR count). The van der Waals surface area contributed by atoms with E-state index in [-0.39, 0.29) is 16.9 Å². The van der Waals surface area contributed by atoms with Crippen molar-refractivity contribution in [1.29, 1.82) is 15.8 Å². The number of anilines is 1. The summed E-state index contributed by atoms with van der Waals surface area (Å²) in [5, 5.41) is 30.9. The van der Waals surface area contributed by atoms with Gasteiger partial charge in [-0.2, -0.15) is 15.8 Å². The second kappa shape index (κ2) is 8.44. The number of rotatable bonds is 5. The van der Waals surface area contributed by atoms with Gasteiger partial charge in [-0.25, -0.2) is 0 Å². The third-order valence-electron chi connectivity index (χ3n) is 4.02. The number of ether oxygens (including phenoxy) is 1. The number of allylic oxidation sites excluding steroid dienone is 2. The van der Waals surface area contributed by atoms with Crippen LogP contribution in [0.5, 0.6) is 0 Å². The van der Waals surface area contributed by atoms with Crippen LogP contribution in [0.25, 0.3) is 6.08 Å². The Morgan fingerprint density at radius 1 is 1.15 bits per heavy atom. The lowest BCUT2D eigenvalue weighted by atomic mass is 9.94. The average Bonchev–Trinajstić information content (AvgIpc) is 2.92. The third-order valence-corrected chi connectivity index (χ3v) is 4.02. The second-order valence-corrected chi connectivity index (χ2v) is 6.28. The molecule has 132 valence electrons. The molecule has 1 aliphatic heterocycles. The van der Waals surface area contributed by atoms with Crippen molar-refractivity contribution >= 4 is 11.8 Å². The highest BCUT2D eigenvalue weighted by molar-refractivity contribution is 5.65. The monoisotopic (exact) mass is 354 g/mol. The van der Waals surface area contributed by atoms with Crippen molar-refractivity contribution in [3.63, 3.8) is 0 Å². The molecule has 0 atom stereocenters. The van der Waals surface area contributed by atoms with Gasteiger partial charge in [-0.3, -0.25) is 0 Å². The average molecular weight is 354 g/mol. The highest BCUT2D eigenvalue weighted by atomic mass is 16.5. The fraction of sp³-hybridized carbons (Fsp3) is 0.227. The molecule has 1 heterocycles. The maximum absolute atomic E-state index is 9.52. The van der Waals surface area contributed by atoms with E-state index in [1.165, 1.54) is 0 Å². The molecule has 1 aromatic rings. The van der Waals surface area contributed by atoms with E-state index in [1.807, 2.05) is 30.3 Å². The van der Waals surface area contributed by atoms with Crippen LogP contribution in [0, 0.1) is 46.3 Å². The Kier molecular flexibility index (Phi) is 6.06. The van der Waals surface area contributed by atoms with Crippen LogP contribution in [0.4, 0.5) is 5.69 Å². The van der Waals surface area contributed by atoms with Gasteiger partial charge in [0, 0.05) is 24.2 Å². The standard InChI is InChI=1S/C22H18N4O/c1-4-5-12-26-18-9-6-16(7-10-18)8-11-20-19(15-25)21(17(13-23)14-24)27-22(20,2)3/h1,6-11,26H,5,12H2,2-3H3/b11-8+. The van der Waals surface area contributed by atoms with Crippen LogP contribution in [-0.4, -0.2) is 12.1 Å². The lowest BCUT2D eigenvalue weighted by Crippen LogP contribution is -2.20. The molecule has 0 unspecified atom stereocenters. The van der Waals surface area contributed by atoms with Crippen molar-refractivity contribution in [1.82, 2.24) is 0 Å². The molecule has 0 aliphatic carbocycles. The Hall–Kier alpha value is -3.93. The lowest BCUT2D eigenvalue weighted by Gasteiger charge is -2.20. The minimum absolute atomic E-state index is 0.0419. The number of hydrogen-bond acceptors (Lipinski definition) is 5. The van der Waals surface area contributed by atoms with Crippen molar-refractivity contribution in [2.75, 3.05) is 11.9 Å². The number of nitrogens with zero attached hydrogens (tertiary/aromatic N) is 3. The molecule has 0 bridgehead atoms. The molecule has 0 amide bonds. The lowest BCUT2D eigenvalue weighted by molar-refractivity contribution is 0.0954. The fourth-order valence-corrected chi connectivity index (χ4v) is 2.65. The number of hydrogen-bond donors (Lipinski definition) is 1. The van der Waals surface area contributed by atoms with E-state index in [9.17, 15) is 5.26 Å². The summed E-state index contributed by atoms with van der Waals surface area (Å²) in [5.41, 5.74) is 1.73. The van der Waals surface area contributed by atoms with Gasteiger partial charge >= 0.3 is 0 Å². The predicted octanol–water partition coefficient (Wildman–Crippen LogP) is 4.07. The van der Waals surface area contributed by atoms with Crippen molar-refractivity contribution in [2.24, 2.45) is 0 Å². The molecule has 5 heteroatoms. The first-order chi connectivity index (χ1) is 13.0. The first-order valence-corrected chi connectivity index (χ1v) is 8.31. The van der Waals surface area contributed by atoms with Gasteiger partial charge in [0.2, 0.25) is 0 Å².